The first-order valence-corrected chi connectivity index (χ1v) is 5.96. The third kappa shape index (κ3) is 1.29. The molecular weight excluding hydrogens is 220 g/mol. The minimum Gasteiger partial charge on any atom is -0.361 e. The third-order valence-corrected chi connectivity index (χ3v) is 3.35. The van der Waals surface area contributed by atoms with Crippen LogP contribution in [0.3, 0.4) is 0 Å². The van der Waals surface area contributed by atoms with Crippen LogP contribution < -0.4 is 0 Å². The molecule has 2 nitrogen and oxygen atoms in total. The van der Waals surface area contributed by atoms with Crippen molar-refractivity contribution in [1.29, 1.82) is 0 Å². The van der Waals surface area contributed by atoms with Crippen LogP contribution in [0.25, 0.3) is 27.5 Å². The minimum atomic E-state index is 1.17. The van der Waals surface area contributed by atoms with Crippen molar-refractivity contribution in [2.24, 2.45) is 0 Å². The van der Waals surface area contributed by atoms with Crippen molar-refractivity contribution in [2.45, 2.75) is 0 Å². The number of rotatable bonds is 1. The summed E-state index contributed by atoms with van der Waals surface area (Å²) in [6, 6.07) is 19.9. The topological polar surface area (TPSA) is 20.7 Å². The summed E-state index contributed by atoms with van der Waals surface area (Å²) in [6.45, 7) is 0. The molecule has 0 aliphatic rings. The molecule has 0 unspecified atom stereocenters. The monoisotopic (exact) mass is 231 g/mol. The highest BCUT2D eigenvalue weighted by molar-refractivity contribution is 5.85. The van der Waals surface area contributed by atoms with Gasteiger partial charge in [0.1, 0.15) is 0 Å². The van der Waals surface area contributed by atoms with Crippen LogP contribution in [0.2, 0.25) is 0 Å². The Bertz CT molecular complexity index is 836. The molecule has 2 heteroatoms. The van der Waals surface area contributed by atoms with Crippen LogP contribution in [-0.4, -0.2) is 9.55 Å². The van der Waals surface area contributed by atoms with E-state index in [4.69, 9.17) is 0 Å². The predicted molar refractivity (Wildman–Crippen MR) is 74.0 cm³/mol. The normalized spacial score (nSPS) is 11.3. The first-order chi connectivity index (χ1) is 8.92. The van der Waals surface area contributed by atoms with Gasteiger partial charge in [0.25, 0.3) is 0 Å². The summed E-state index contributed by atoms with van der Waals surface area (Å²) in [4.78, 5) is 3.21. The first-order valence-electron chi connectivity index (χ1n) is 5.96. The molecule has 0 spiro atoms. The Labute approximate surface area is 104 Å². The second-order valence-electron chi connectivity index (χ2n) is 4.42. The summed E-state index contributed by atoms with van der Waals surface area (Å²) < 4.78 is 2.19. The number of nitrogens with one attached hydrogen (secondary N) is 1. The van der Waals surface area contributed by atoms with E-state index in [-0.39, 0.29) is 0 Å². The number of nitrogens with zero attached hydrogens (tertiary/aromatic N) is 1. The van der Waals surface area contributed by atoms with E-state index >= 15 is 0 Å². The van der Waals surface area contributed by atoms with Crippen LogP contribution >= 0.6 is 0 Å². The van der Waals surface area contributed by atoms with Crippen LogP contribution in [0.1, 0.15) is 0 Å². The summed E-state index contributed by atoms with van der Waals surface area (Å²) in [5, 5.41) is 2.47. The number of fused-ring (bicyclic) bond motifs is 2. The number of aromatic nitrogens is 2. The van der Waals surface area contributed by atoms with Crippen molar-refractivity contribution >= 4 is 21.8 Å². The molecule has 0 atom stereocenters. The quantitative estimate of drug-likeness (QED) is 0.512. The molecule has 1 radical (unpaired) electrons. The number of hydrogen-bond acceptors (Lipinski definition) is 0. The first kappa shape index (κ1) is 9.54. The van der Waals surface area contributed by atoms with E-state index in [1.165, 1.54) is 27.5 Å². The van der Waals surface area contributed by atoms with Gasteiger partial charge >= 0.3 is 0 Å². The van der Waals surface area contributed by atoms with Crippen LogP contribution in [0.5, 0.6) is 0 Å². The maximum absolute atomic E-state index is 3.21. The van der Waals surface area contributed by atoms with Gasteiger partial charge in [-0.2, -0.15) is 0 Å². The van der Waals surface area contributed by atoms with Gasteiger partial charge in [0.2, 0.25) is 0 Å². The highest BCUT2D eigenvalue weighted by atomic mass is 15.0. The van der Waals surface area contributed by atoms with Crippen molar-refractivity contribution in [2.75, 3.05) is 0 Å². The van der Waals surface area contributed by atoms with Gasteiger partial charge < -0.3 is 9.55 Å². The molecule has 0 fully saturated rings. The molecule has 18 heavy (non-hydrogen) atoms. The Morgan fingerprint density at radius 3 is 3.00 bits per heavy atom. The zero-order valence-corrected chi connectivity index (χ0v) is 9.72. The summed E-state index contributed by atoms with van der Waals surface area (Å²) in [5.74, 6) is 0. The van der Waals surface area contributed by atoms with Crippen LogP contribution in [0, 0.1) is 6.07 Å². The van der Waals surface area contributed by atoms with E-state index in [2.05, 4.69) is 58.2 Å². The van der Waals surface area contributed by atoms with Crippen molar-refractivity contribution < 1.29 is 0 Å². The maximum atomic E-state index is 3.21. The predicted octanol–water partition coefficient (Wildman–Crippen LogP) is 3.91. The second-order valence-corrected chi connectivity index (χ2v) is 4.42. The van der Waals surface area contributed by atoms with E-state index in [1.54, 1.807) is 0 Å². The Hall–Kier alpha value is -2.48. The highest BCUT2D eigenvalue weighted by Gasteiger charge is 2.03. The van der Waals surface area contributed by atoms with Gasteiger partial charge in [-0.15, -0.1) is 0 Å². The average Bonchev–Trinajstić information content (AvgIpc) is 3.04. The molecule has 85 valence electrons. The van der Waals surface area contributed by atoms with Crippen molar-refractivity contribution in [3.8, 4) is 5.69 Å². The molecule has 2 aromatic carbocycles. The lowest BCUT2D eigenvalue weighted by atomic mass is 10.2. The smallest absolute Gasteiger partial charge is 0.0534 e. The van der Waals surface area contributed by atoms with Gasteiger partial charge in [-0.05, 0) is 47.9 Å². The molecule has 0 saturated carbocycles. The van der Waals surface area contributed by atoms with Gasteiger partial charge in [-0.3, -0.25) is 0 Å². The van der Waals surface area contributed by atoms with Gasteiger partial charge in [0.15, 0.2) is 0 Å². The fraction of sp³-hybridized carbons (Fsp3) is 0. The lowest BCUT2D eigenvalue weighted by molar-refractivity contribution is 1.13. The van der Waals surface area contributed by atoms with Crippen LogP contribution in [0.4, 0.5) is 0 Å². The average molecular weight is 231 g/mol. The van der Waals surface area contributed by atoms with Gasteiger partial charge in [0.05, 0.1) is 5.52 Å². The SMILES string of the molecule is [c]1ccc2ccn(-c3ccc4[nH]ccc4c3)c2c1. The third-order valence-electron chi connectivity index (χ3n) is 3.35. The highest BCUT2D eigenvalue weighted by Crippen LogP contribution is 2.22. The fourth-order valence-electron chi connectivity index (χ4n) is 2.43. The van der Waals surface area contributed by atoms with Crippen molar-refractivity contribution in [3.63, 3.8) is 0 Å². The van der Waals surface area contributed by atoms with Gasteiger partial charge in [-0.1, -0.05) is 12.1 Å². The Morgan fingerprint density at radius 2 is 2.00 bits per heavy atom. The summed E-state index contributed by atoms with van der Waals surface area (Å²) in [6.07, 6.45) is 4.07. The molecular formula is C16H11N2. The molecule has 1 N–H and O–H groups in total. The molecule has 4 aromatic rings. The zero-order valence-electron chi connectivity index (χ0n) is 9.72. The summed E-state index contributed by atoms with van der Waals surface area (Å²) in [5.41, 5.74) is 3.53. The number of H-pyrrole nitrogens is 1. The Kier molecular flexibility index (Phi) is 1.86. The largest absolute Gasteiger partial charge is 0.361 e. The van der Waals surface area contributed by atoms with E-state index in [0.29, 0.717) is 0 Å². The van der Waals surface area contributed by atoms with E-state index in [9.17, 15) is 0 Å². The molecule has 0 amide bonds. The molecule has 0 aliphatic carbocycles. The zero-order chi connectivity index (χ0) is 11.9. The molecule has 4 rings (SSSR count). The number of benzene rings is 2. The molecule has 2 heterocycles. The van der Waals surface area contributed by atoms with Crippen LogP contribution in [-0.2, 0) is 0 Å². The second kappa shape index (κ2) is 3.50. The molecule has 0 bridgehead atoms. The van der Waals surface area contributed by atoms with Gasteiger partial charge in [0, 0.05) is 29.0 Å². The molecule has 0 aliphatic heterocycles. The van der Waals surface area contributed by atoms with Crippen molar-refractivity contribution in [3.05, 3.63) is 67.0 Å². The molecule has 0 saturated heterocycles. The molecule has 2 aromatic heterocycles. The lowest BCUT2D eigenvalue weighted by Crippen LogP contribution is -1.90. The maximum Gasteiger partial charge on any atom is 0.0534 e. The lowest BCUT2D eigenvalue weighted by Gasteiger charge is -2.05. The van der Waals surface area contributed by atoms with Crippen LogP contribution in [0.15, 0.2) is 60.9 Å². The number of hydrogen-bond donors (Lipinski definition) is 1. The van der Waals surface area contributed by atoms with E-state index in [1.807, 2.05) is 18.3 Å². The Morgan fingerprint density at radius 1 is 1.00 bits per heavy atom. The van der Waals surface area contributed by atoms with E-state index in [0.717, 1.165) is 0 Å². The standard InChI is InChI=1S/C16H11N2/c1-2-4-16-12(3-1)8-10-18(16)14-5-6-15-13(11-14)7-9-17-15/h1,3-11,17H. The summed E-state index contributed by atoms with van der Waals surface area (Å²) >= 11 is 0. The fourth-order valence-corrected chi connectivity index (χ4v) is 2.43. The minimum absolute atomic E-state index is 1.17. The Balaban J connectivity index is 2.00. The van der Waals surface area contributed by atoms with Gasteiger partial charge in [-0.25, -0.2) is 0 Å². The summed E-state index contributed by atoms with van der Waals surface area (Å²) in [7, 11) is 0. The van der Waals surface area contributed by atoms with E-state index < -0.39 is 0 Å². The number of aromatic amines is 1. The van der Waals surface area contributed by atoms with Crippen molar-refractivity contribution in [1.82, 2.24) is 9.55 Å².